The average molecular weight is 244 g/mol. The second-order valence-electron chi connectivity index (χ2n) is 3.29. The van der Waals surface area contributed by atoms with Gasteiger partial charge >= 0.3 is 0 Å². The molecule has 0 bridgehead atoms. The molecular formula is C10H10ClNO2S. The van der Waals surface area contributed by atoms with E-state index in [1.165, 1.54) is 0 Å². The highest BCUT2D eigenvalue weighted by Crippen LogP contribution is 2.27. The van der Waals surface area contributed by atoms with Gasteiger partial charge in [0.25, 0.3) is 0 Å². The summed E-state index contributed by atoms with van der Waals surface area (Å²) < 4.78 is 10.6. The highest BCUT2D eigenvalue weighted by atomic mass is 35.5. The molecule has 2 rings (SSSR count). The minimum absolute atomic E-state index is 0.109. The number of rotatable bonds is 3. The summed E-state index contributed by atoms with van der Waals surface area (Å²) in [5.41, 5.74) is 6.23. The largest absolute Gasteiger partial charge is 0.484 e. The molecule has 1 heterocycles. The SMILES string of the molecule is NC(=S)c1ccc(OC2COC2)c(Cl)c1. The lowest BCUT2D eigenvalue weighted by molar-refractivity contribution is -0.0796. The summed E-state index contributed by atoms with van der Waals surface area (Å²) in [7, 11) is 0. The molecule has 1 aromatic rings. The molecule has 80 valence electrons. The van der Waals surface area contributed by atoms with Gasteiger partial charge in [0.2, 0.25) is 0 Å². The standard InChI is InChI=1S/C10H10ClNO2S/c11-8-3-6(10(12)15)1-2-9(8)14-7-4-13-5-7/h1-3,7H,4-5H2,(H2,12,15). The van der Waals surface area contributed by atoms with Gasteiger partial charge in [-0.05, 0) is 18.2 Å². The normalized spacial score (nSPS) is 15.8. The fourth-order valence-electron chi connectivity index (χ4n) is 1.21. The number of ether oxygens (including phenoxy) is 2. The van der Waals surface area contributed by atoms with Crippen LogP contribution in [-0.2, 0) is 4.74 Å². The minimum Gasteiger partial charge on any atom is -0.484 e. The van der Waals surface area contributed by atoms with E-state index in [0.29, 0.717) is 29.0 Å². The van der Waals surface area contributed by atoms with Crippen molar-refractivity contribution in [3.05, 3.63) is 28.8 Å². The zero-order valence-electron chi connectivity index (χ0n) is 7.90. The van der Waals surface area contributed by atoms with E-state index in [9.17, 15) is 0 Å². The molecule has 0 spiro atoms. The lowest BCUT2D eigenvalue weighted by Crippen LogP contribution is -2.38. The van der Waals surface area contributed by atoms with Crippen LogP contribution in [0.15, 0.2) is 18.2 Å². The molecule has 0 saturated carbocycles. The van der Waals surface area contributed by atoms with Gasteiger partial charge in [-0.1, -0.05) is 23.8 Å². The van der Waals surface area contributed by atoms with E-state index in [2.05, 4.69) is 0 Å². The van der Waals surface area contributed by atoms with Crippen LogP contribution in [0.1, 0.15) is 5.56 Å². The zero-order chi connectivity index (χ0) is 10.8. The Morgan fingerprint density at radius 3 is 2.73 bits per heavy atom. The Balaban J connectivity index is 2.14. The van der Waals surface area contributed by atoms with E-state index in [1.807, 2.05) is 0 Å². The van der Waals surface area contributed by atoms with Crippen molar-refractivity contribution in [1.82, 2.24) is 0 Å². The first-order valence-electron chi connectivity index (χ1n) is 4.50. The van der Waals surface area contributed by atoms with Crippen molar-refractivity contribution in [3.63, 3.8) is 0 Å². The third kappa shape index (κ3) is 2.40. The number of hydrogen-bond donors (Lipinski definition) is 1. The molecule has 3 nitrogen and oxygen atoms in total. The molecule has 1 aromatic carbocycles. The summed E-state index contributed by atoms with van der Waals surface area (Å²) in [5.74, 6) is 0.643. The second kappa shape index (κ2) is 4.35. The predicted octanol–water partition coefficient (Wildman–Crippen LogP) is 1.75. The van der Waals surface area contributed by atoms with Crippen molar-refractivity contribution in [2.24, 2.45) is 5.73 Å². The maximum absolute atomic E-state index is 6.02. The van der Waals surface area contributed by atoms with Gasteiger partial charge in [-0.3, -0.25) is 0 Å². The summed E-state index contributed by atoms with van der Waals surface area (Å²) in [6.07, 6.45) is 0.109. The van der Waals surface area contributed by atoms with Crippen LogP contribution in [0.5, 0.6) is 5.75 Å². The molecule has 1 aliphatic rings. The minimum atomic E-state index is 0.109. The monoisotopic (exact) mass is 243 g/mol. The Bertz CT molecular complexity index is 393. The Morgan fingerprint density at radius 2 is 2.27 bits per heavy atom. The predicted molar refractivity (Wildman–Crippen MR) is 62.6 cm³/mol. The van der Waals surface area contributed by atoms with E-state index in [0.717, 1.165) is 5.56 Å². The van der Waals surface area contributed by atoms with Crippen LogP contribution in [0.25, 0.3) is 0 Å². The number of hydrogen-bond acceptors (Lipinski definition) is 3. The lowest BCUT2D eigenvalue weighted by atomic mass is 10.2. The number of nitrogens with two attached hydrogens (primary N) is 1. The molecule has 1 saturated heterocycles. The Kier molecular flexibility index (Phi) is 3.09. The summed E-state index contributed by atoms with van der Waals surface area (Å²) in [6.45, 7) is 1.24. The maximum atomic E-state index is 6.02. The first kappa shape index (κ1) is 10.7. The average Bonchev–Trinajstić information content (AvgIpc) is 2.12. The van der Waals surface area contributed by atoms with E-state index >= 15 is 0 Å². The smallest absolute Gasteiger partial charge is 0.145 e. The highest BCUT2D eigenvalue weighted by molar-refractivity contribution is 7.80. The quantitative estimate of drug-likeness (QED) is 0.822. The van der Waals surface area contributed by atoms with Crippen LogP contribution in [-0.4, -0.2) is 24.3 Å². The number of thiocarbonyl (C=S) groups is 1. The third-order valence-electron chi connectivity index (χ3n) is 2.12. The van der Waals surface area contributed by atoms with E-state index in [-0.39, 0.29) is 6.10 Å². The lowest BCUT2D eigenvalue weighted by Gasteiger charge is -2.27. The molecule has 1 fully saturated rings. The highest BCUT2D eigenvalue weighted by Gasteiger charge is 2.21. The van der Waals surface area contributed by atoms with E-state index < -0.39 is 0 Å². The van der Waals surface area contributed by atoms with Crippen LogP contribution in [0.3, 0.4) is 0 Å². The molecule has 0 unspecified atom stereocenters. The molecule has 0 aliphatic carbocycles. The third-order valence-corrected chi connectivity index (χ3v) is 2.65. The van der Waals surface area contributed by atoms with Crippen LogP contribution in [0, 0.1) is 0 Å². The molecule has 2 N–H and O–H groups in total. The fourth-order valence-corrected chi connectivity index (χ4v) is 1.56. The molecule has 15 heavy (non-hydrogen) atoms. The van der Waals surface area contributed by atoms with Gasteiger partial charge in [0, 0.05) is 5.56 Å². The van der Waals surface area contributed by atoms with E-state index in [4.69, 9.17) is 39.0 Å². The van der Waals surface area contributed by atoms with E-state index in [1.54, 1.807) is 18.2 Å². The Hall–Kier alpha value is -0.840. The van der Waals surface area contributed by atoms with Crippen LogP contribution >= 0.6 is 23.8 Å². The van der Waals surface area contributed by atoms with Gasteiger partial charge in [-0.15, -0.1) is 0 Å². The van der Waals surface area contributed by atoms with Crippen molar-refractivity contribution in [2.45, 2.75) is 6.10 Å². The van der Waals surface area contributed by atoms with Crippen molar-refractivity contribution < 1.29 is 9.47 Å². The second-order valence-corrected chi connectivity index (χ2v) is 4.13. The summed E-state index contributed by atoms with van der Waals surface area (Å²) in [4.78, 5) is 0.329. The molecule has 1 aliphatic heterocycles. The zero-order valence-corrected chi connectivity index (χ0v) is 9.48. The van der Waals surface area contributed by atoms with Crippen molar-refractivity contribution >= 4 is 28.8 Å². The van der Waals surface area contributed by atoms with Crippen LogP contribution < -0.4 is 10.5 Å². The van der Waals surface area contributed by atoms with Gasteiger partial charge in [-0.2, -0.15) is 0 Å². The maximum Gasteiger partial charge on any atom is 0.145 e. The molecule has 0 aromatic heterocycles. The summed E-state index contributed by atoms with van der Waals surface area (Å²) in [6, 6.07) is 5.27. The van der Waals surface area contributed by atoms with Gasteiger partial charge < -0.3 is 15.2 Å². The first-order valence-corrected chi connectivity index (χ1v) is 5.29. The summed E-state index contributed by atoms with van der Waals surface area (Å²) in [5, 5.41) is 0.521. The molecule has 5 heteroatoms. The van der Waals surface area contributed by atoms with Gasteiger partial charge in [0.15, 0.2) is 0 Å². The topological polar surface area (TPSA) is 44.5 Å². The van der Waals surface area contributed by atoms with Crippen LogP contribution in [0.4, 0.5) is 0 Å². The molecule has 0 atom stereocenters. The van der Waals surface area contributed by atoms with Crippen LogP contribution in [0.2, 0.25) is 5.02 Å². The first-order chi connectivity index (χ1) is 7.16. The molecule has 0 amide bonds. The van der Waals surface area contributed by atoms with Crippen molar-refractivity contribution in [1.29, 1.82) is 0 Å². The molecular weight excluding hydrogens is 234 g/mol. The van der Waals surface area contributed by atoms with Gasteiger partial charge in [-0.25, -0.2) is 0 Å². The number of benzene rings is 1. The van der Waals surface area contributed by atoms with Gasteiger partial charge in [0.05, 0.1) is 18.2 Å². The summed E-state index contributed by atoms with van der Waals surface area (Å²) >= 11 is 10.9. The Morgan fingerprint density at radius 1 is 1.53 bits per heavy atom. The molecule has 0 radical (unpaired) electrons. The Labute approximate surface area is 98.1 Å². The number of halogens is 1. The fraction of sp³-hybridized carbons (Fsp3) is 0.300. The van der Waals surface area contributed by atoms with Crippen molar-refractivity contribution in [3.8, 4) is 5.75 Å². The van der Waals surface area contributed by atoms with Gasteiger partial charge in [0.1, 0.15) is 16.8 Å². The van der Waals surface area contributed by atoms with Crippen molar-refractivity contribution in [2.75, 3.05) is 13.2 Å².